The standard InChI is InChI=1S/C14H22N2S2/c1-18(17)16-8-6-14(7-9-16)10-11-4-2-3-5-12(11)13(14)15/h2-5,13,17-18H,6-10,15H2,1H3/t13-/m0/s1. The molecule has 1 aromatic carbocycles. The lowest BCUT2D eigenvalue weighted by molar-refractivity contribution is 0.138. The summed E-state index contributed by atoms with van der Waals surface area (Å²) in [5.41, 5.74) is 9.72. The fourth-order valence-electron chi connectivity index (χ4n) is 3.54. The monoisotopic (exact) mass is 282 g/mol. The molecule has 2 aliphatic rings. The van der Waals surface area contributed by atoms with Crippen molar-refractivity contribution in [3.05, 3.63) is 35.4 Å². The fraction of sp³-hybridized carbons (Fsp3) is 0.571. The second kappa shape index (κ2) is 4.75. The van der Waals surface area contributed by atoms with E-state index in [0.717, 1.165) is 13.1 Å². The molecular formula is C14H22N2S2. The minimum Gasteiger partial charge on any atom is -0.323 e. The molecule has 1 saturated heterocycles. The number of rotatable bonds is 1. The van der Waals surface area contributed by atoms with Gasteiger partial charge in [-0.15, -0.1) is 11.7 Å². The summed E-state index contributed by atoms with van der Waals surface area (Å²) in [7, 11) is -0.236. The van der Waals surface area contributed by atoms with Gasteiger partial charge in [0.25, 0.3) is 0 Å². The van der Waals surface area contributed by atoms with Crippen molar-refractivity contribution in [1.82, 2.24) is 4.31 Å². The van der Waals surface area contributed by atoms with E-state index in [1.54, 1.807) is 0 Å². The Hall–Kier alpha value is -0.160. The Morgan fingerprint density at radius 1 is 1.33 bits per heavy atom. The largest absolute Gasteiger partial charge is 0.323 e. The third-order valence-corrected chi connectivity index (χ3v) is 6.71. The maximum atomic E-state index is 6.55. The number of nitrogens with two attached hydrogens (primary N) is 1. The summed E-state index contributed by atoms with van der Waals surface area (Å²) < 4.78 is 2.51. The number of hydrogen-bond acceptors (Lipinski definition) is 3. The van der Waals surface area contributed by atoms with E-state index in [1.807, 2.05) is 0 Å². The molecule has 2 atom stereocenters. The highest BCUT2D eigenvalue weighted by Crippen LogP contribution is 2.52. The first-order chi connectivity index (χ1) is 8.62. The van der Waals surface area contributed by atoms with Gasteiger partial charge in [-0.1, -0.05) is 24.3 Å². The van der Waals surface area contributed by atoms with Crippen molar-refractivity contribution in [3.63, 3.8) is 0 Å². The van der Waals surface area contributed by atoms with Crippen molar-refractivity contribution in [2.24, 2.45) is 11.1 Å². The van der Waals surface area contributed by atoms with Crippen LogP contribution in [-0.4, -0.2) is 23.7 Å². The molecule has 0 amide bonds. The molecule has 100 valence electrons. The van der Waals surface area contributed by atoms with Crippen molar-refractivity contribution in [2.75, 3.05) is 19.3 Å². The third-order valence-electron chi connectivity index (χ3n) is 4.74. The Kier molecular flexibility index (Phi) is 3.39. The predicted octanol–water partition coefficient (Wildman–Crippen LogP) is 2.72. The van der Waals surface area contributed by atoms with Gasteiger partial charge in [0.15, 0.2) is 0 Å². The van der Waals surface area contributed by atoms with Crippen LogP contribution >= 0.6 is 21.8 Å². The van der Waals surface area contributed by atoms with Crippen LogP contribution in [0.15, 0.2) is 24.3 Å². The average molecular weight is 282 g/mol. The van der Waals surface area contributed by atoms with E-state index in [2.05, 4.69) is 46.5 Å². The summed E-state index contributed by atoms with van der Waals surface area (Å²) in [6.07, 6.45) is 5.83. The summed E-state index contributed by atoms with van der Waals surface area (Å²) in [4.78, 5) is 0. The van der Waals surface area contributed by atoms with Crippen LogP contribution < -0.4 is 5.73 Å². The number of thiol groups is 2. The van der Waals surface area contributed by atoms with Gasteiger partial charge in [-0.3, -0.25) is 4.31 Å². The molecule has 18 heavy (non-hydrogen) atoms. The number of benzene rings is 1. The van der Waals surface area contributed by atoms with Gasteiger partial charge in [-0.25, -0.2) is 0 Å². The highest BCUT2D eigenvalue weighted by molar-refractivity contribution is 8.76. The van der Waals surface area contributed by atoms with Crippen LogP contribution in [0, 0.1) is 5.41 Å². The molecule has 4 heteroatoms. The molecule has 1 aromatic rings. The van der Waals surface area contributed by atoms with E-state index in [4.69, 9.17) is 5.73 Å². The maximum Gasteiger partial charge on any atom is 0.0359 e. The van der Waals surface area contributed by atoms with E-state index in [-0.39, 0.29) is 16.2 Å². The molecule has 2 nitrogen and oxygen atoms in total. The van der Waals surface area contributed by atoms with Gasteiger partial charge in [0.1, 0.15) is 0 Å². The zero-order chi connectivity index (χ0) is 12.8. The Balaban J connectivity index is 1.80. The van der Waals surface area contributed by atoms with Crippen molar-refractivity contribution in [2.45, 2.75) is 25.3 Å². The van der Waals surface area contributed by atoms with E-state index in [9.17, 15) is 0 Å². The first kappa shape index (κ1) is 12.9. The third kappa shape index (κ3) is 1.99. The Bertz CT molecular complexity index is 439. The highest BCUT2D eigenvalue weighted by Gasteiger charge is 2.45. The van der Waals surface area contributed by atoms with Crippen LogP contribution in [0.1, 0.15) is 30.0 Å². The topological polar surface area (TPSA) is 29.3 Å². The van der Waals surface area contributed by atoms with Gasteiger partial charge in [-0.05, 0) is 42.1 Å². The van der Waals surface area contributed by atoms with Crippen molar-refractivity contribution in [3.8, 4) is 0 Å². The molecule has 1 unspecified atom stereocenters. The number of fused-ring (bicyclic) bond motifs is 1. The molecule has 2 N–H and O–H groups in total. The Morgan fingerprint density at radius 3 is 2.61 bits per heavy atom. The molecule has 0 radical (unpaired) electrons. The van der Waals surface area contributed by atoms with E-state index >= 15 is 0 Å². The van der Waals surface area contributed by atoms with Gasteiger partial charge >= 0.3 is 0 Å². The summed E-state index contributed by atoms with van der Waals surface area (Å²) in [5.74, 6) is 0. The molecule has 1 heterocycles. The molecule has 1 aliphatic heterocycles. The summed E-state index contributed by atoms with van der Waals surface area (Å²) in [6.45, 7) is 2.32. The fourth-order valence-corrected chi connectivity index (χ4v) is 4.85. The molecule has 1 aliphatic carbocycles. The maximum absolute atomic E-state index is 6.55. The molecule has 3 rings (SSSR count). The minimum atomic E-state index is -0.236. The highest BCUT2D eigenvalue weighted by atomic mass is 33.1. The first-order valence-corrected chi connectivity index (χ1v) is 9.53. The van der Waals surface area contributed by atoms with Crippen LogP contribution in [0.3, 0.4) is 0 Å². The molecule has 1 fully saturated rings. The van der Waals surface area contributed by atoms with Crippen LogP contribution in [0.25, 0.3) is 0 Å². The quantitative estimate of drug-likeness (QED) is 0.546. The SMILES string of the molecule is C[SH](S)N1CCC2(CC1)Cc1ccccc1[C@@H]2N. The van der Waals surface area contributed by atoms with Gasteiger partial charge in [0.05, 0.1) is 0 Å². The van der Waals surface area contributed by atoms with Gasteiger partial charge in [-0.2, -0.15) is 10.1 Å². The summed E-state index contributed by atoms with van der Waals surface area (Å²) >= 11 is 4.60. The van der Waals surface area contributed by atoms with Crippen LogP contribution in [0.2, 0.25) is 0 Å². The van der Waals surface area contributed by atoms with Crippen LogP contribution in [0.5, 0.6) is 0 Å². The summed E-state index contributed by atoms with van der Waals surface area (Å²) in [5, 5.41) is 0. The van der Waals surface area contributed by atoms with Crippen molar-refractivity contribution >= 4 is 21.8 Å². The molecule has 0 saturated carbocycles. The lowest BCUT2D eigenvalue weighted by atomic mass is 9.73. The van der Waals surface area contributed by atoms with E-state index in [0.29, 0.717) is 5.41 Å². The second-order valence-electron chi connectivity index (χ2n) is 5.66. The average Bonchev–Trinajstić information content (AvgIpc) is 2.64. The number of nitrogens with zero attached hydrogens (tertiary/aromatic N) is 1. The summed E-state index contributed by atoms with van der Waals surface area (Å²) in [6, 6.07) is 8.96. The zero-order valence-electron chi connectivity index (χ0n) is 10.8. The van der Waals surface area contributed by atoms with Gasteiger partial charge < -0.3 is 5.73 Å². The van der Waals surface area contributed by atoms with Crippen molar-refractivity contribution < 1.29 is 0 Å². The van der Waals surface area contributed by atoms with Gasteiger partial charge in [0.2, 0.25) is 0 Å². The normalized spacial score (nSPS) is 29.3. The van der Waals surface area contributed by atoms with Crippen molar-refractivity contribution in [1.29, 1.82) is 0 Å². The molecule has 0 aromatic heterocycles. The lowest BCUT2D eigenvalue weighted by Gasteiger charge is -2.44. The number of piperidine rings is 1. The first-order valence-electron chi connectivity index (χ1n) is 6.63. The smallest absolute Gasteiger partial charge is 0.0359 e. The van der Waals surface area contributed by atoms with Crippen LogP contribution in [0.4, 0.5) is 0 Å². The predicted molar refractivity (Wildman–Crippen MR) is 84.2 cm³/mol. The van der Waals surface area contributed by atoms with Crippen LogP contribution in [-0.2, 0) is 6.42 Å². The molecule has 1 spiro atoms. The minimum absolute atomic E-state index is 0.235. The Morgan fingerprint density at radius 2 is 2.00 bits per heavy atom. The second-order valence-corrected chi connectivity index (χ2v) is 8.94. The van der Waals surface area contributed by atoms with E-state index < -0.39 is 0 Å². The Labute approximate surface area is 117 Å². The van der Waals surface area contributed by atoms with Gasteiger partial charge in [0, 0.05) is 19.1 Å². The van der Waals surface area contributed by atoms with E-state index in [1.165, 1.54) is 30.4 Å². The molecule has 0 bridgehead atoms. The zero-order valence-corrected chi connectivity index (χ0v) is 12.6. The lowest BCUT2D eigenvalue weighted by Crippen LogP contribution is -2.42. The number of hydrogen-bond donors (Lipinski definition) is 3. The molecular weight excluding hydrogens is 260 g/mol.